The van der Waals surface area contributed by atoms with E-state index in [-0.39, 0.29) is 24.0 Å². The molecule has 0 heterocycles. The molecule has 1 amide bonds. The number of carbonyl (C=O) groups is 1. The van der Waals surface area contributed by atoms with Crippen LogP contribution in [0.15, 0.2) is 0 Å². The predicted octanol–water partition coefficient (Wildman–Crippen LogP) is 2.09. The Morgan fingerprint density at radius 3 is 2.17 bits per heavy atom. The smallest absolute Gasteiger partial charge is 0.226 e. The van der Waals surface area contributed by atoms with Gasteiger partial charge in [0.25, 0.3) is 0 Å². The van der Waals surface area contributed by atoms with Crippen LogP contribution >= 0.6 is 0 Å². The normalized spacial score (nSPS) is 42.9. The molecule has 0 spiro atoms. The summed E-state index contributed by atoms with van der Waals surface area (Å²) in [6.07, 6.45) is 8.15. The van der Waals surface area contributed by atoms with Gasteiger partial charge in [-0.3, -0.25) is 4.79 Å². The Balaban J connectivity index is 1.69. The van der Waals surface area contributed by atoms with Gasteiger partial charge in [-0.05, 0) is 69.6 Å². The van der Waals surface area contributed by atoms with Crippen molar-refractivity contribution in [2.24, 2.45) is 23.2 Å². The van der Waals surface area contributed by atoms with Crippen LogP contribution in [0.5, 0.6) is 0 Å². The Hall–Kier alpha value is -0.570. The number of rotatable bonds is 4. The zero-order valence-electron chi connectivity index (χ0n) is 11.3. The van der Waals surface area contributed by atoms with Gasteiger partial charge in [-0.15, -0.1) is 0 Å². The Morgan fingerprint density at radius 2 is 1.72 bits per heavy atom. The average molecular weight is 251 g/mol. The highest BCUT2D eigenvalue weighted by Crippen LogP contribution is 2.60. The van der Waals surface area contributed by atoms with Gasteiger partial charge in [0.15, 0.2) is 0 Å². The second-order valence-electron chi connectivity index (χ2n) is 7.08. The van der Waals surface area contributed by atoms with Crippen LogP contribution in [0.2, 0.25) is 0 Å². The summed E-state index contributed by atoms with van der Waals surface area (Å²) in [5.74, 6) is 2.72. The van der Waals surface area contributed by atoms with E-state index >= 15 is 0 Å². The molecular weight excluding hydrogens is 226 g/mol. The van der Waals surface area contributed by atoms with E-state index in [1.54, 1.807) is 0 Å². The van der Waals surface area contributed by atoms with E-state index in [0.717, 1.165) is 37.0 Å². The molecule has 0 aliphatic heterocycles. The lowest BCUT2D eigenvalue weighted by molar-refractivity contribution is -0.147. The molecule has 4 aliphatic rings. The summed E-state index contributed by atoms with van der Waals surface area (Å²) >= 11 is 0. The fourth-order valence-electron chi connectivity index (χ4n) is 5.03. The van der Waals surface area contributed by atoms with Crippen LogP contribution in [0.1, 0.15) is 51.9 Å². The van der Waals surface area contributed by atoms with E-state index in [9.17, 15) is 4.79 Å². The second-order valence-corrected chi connectivity index (χ2v) is 7.08. The van der Waals surface area contributed by atoms with E-state index < -0.39 is 0 Å². The van der Waals surface area contributed by atoms with Gasteiger partial charge in [0, 0.05) is 18.1 Å². The molecule has 4 aliphatic carbocycles. The first-order valence-electron chi connectivity index (χ1n) is 7.53. The minimum atomic E-state index is -0.0432. The Bertz CT molecular complexity index is 304. The molecule has 0 radical (unpaired) electrons. The molecule has 0 aromatic rings. The summed E-state index contributed by atoms with van der Waals surface area (Å²) in [6, 6.07) is 0.107. The number of hydrogen-bond acceptors (Lipinski definition) is 2. The van der Waals surface area contributed by atoms with Crippen molar-refractivity contribution in [2.45, 2.75) is 57.9 Å². The fourth-order valence-corrected chi connectivity index (χ4v) is 5.03. The van der Waals surface area contributed by atoms with E-state index in [2.05, 4.69) is 5.32 Å². The SMILES string of the molecule is CC(CCO)NC(=O)C12CC3CC(CC(C3)C1)C2. The molecule has 0 saturated heterocycles. The zero-order chi connectivity index (χ0) is 12.8. The van der Waals surface area contributed by atoms with Crippen LogP contribution in [0.4, 0.5) is 0 Å². The molecule has 1 atom stereocenters. The minimum absolute atomic E-state index is 0.0432. The van der Waals surface area contributed by atoms with Crippen molar-refractivity contribution in [1.82, 2.24) is 5.32 Å². The maximum Gasteiger partial charge on any atom is 0.226 e. The van der Waals surface area contributed by atoms with E-state index in [4.69, 9.17) is 5.11 Å². The van der Waals surface area contributed by atoms with Gasteiger partial charge in [0.05, 0.1) is 0 Å². The molecule has 0 aromatic heterocycles. The number of aliphatic hydroxyl groups excluding tert-OH is 1. The van der Waals surface area contributed by atoms with E-state index in [0.29, 0.717) is 6.42 Å². The molecule has 4 fully saturated rings. The molecule has 102 valence electrons. The third-order valence-corrected chi connectivity index (χ3v) is 5.46. The first-order chi connectivity index (χ1) is 8.61. The highest BCUT2D eigenvalue weighted by Gasteiger charge is 2.54. The summed E-state index contributed by atoms with van der Waals surface area (Å²) in [5, 5.41) is 12.1. The minimum Gasteiger partial charge on any atom is -0.396 e. The molecule has 0 aromatic carbocycles. The van der Waals surface area contributed by atoms with Crippen LogP contribution < -0.4 is 5.32 Å². The van der Waals surface area contributed by atoms with Crippen molar-refractivity contribution in [1.29, 1.82) is 0 Å². The third-order valence-electron chi connectivity index (χ3n) is 5.46. The van der Waals surface area contributed by atoms with Crippen molar-refractivity contribution in [3.05, 3.63) is 0 Å². The topological polar surface area (TPSA) is 49.3 Å². The Labute approximate surface area is 109 Å². The predicted molar refractivity (Wildman–Crippen MR) is 69.9 cm³/mol. The summed E-state index contributed by atoms with van der Waals surface area (Å²) in [7, 11) is 0. The zero-order valence-corrected chi connectivity index (χ0v) is 11.3. The first-order valence-corrected chi connectivity index (χ1v) is 7.53. The van der Waals surface area contributed by atoms with Crippen molar-refractivity contribution < 1.29 is 9.90 Å². The lowest BCUT2D eigenvalue weighted by Gasteiger charge is -2.55. The van der Waals surface area contributed by atoms with Crippen LogP contribution in [-0.2, 0) is 4.79 Å². The largest absolute Gasteiger partial charge is 0.396 e. The van der Waals surface area contributed by atoms with E-state index in [1.165, 1.54) is 19.3 Å². The molecule has 3 nitrogen and oxygen atoms in total. The molecule has 4 rings (SSSR count). The maximum atomic E-state index is 12.6. The van der Waals surface area contributed by atoms with Crippen LogP contribution in [0.25, 0.3) is 0 Å². The third kappa shape index (κ3) is 2.07. The quantitative estimate of drug-likeness (QED) is 0.804. The Kier molecular flexibility index (Phi) is 3.13. The first kappa shape index (κ1) is 12.5. The van der Waals surface area contributed by atoms with Gasteiger partial charge in [0.1, 0.15) is 0 Å². The van der Waals surface area contributed by atoms with Crippen LogP contribution in [0, 0.1) is 23.2 Å². The number of nitrogens with one attached hydrogen (secondary N) is 1. The molecule has 3 heteroatoms. The molecule has 4 saturated carbocycles. The lowest BCUT2D eigenvalue weighted by atomic mass is 9.49. The number of carbonyl (C=O) groups excluding carboxylic acids is 1. The van der Waals surface area contributed by atoms with Gasteiger partial charge >= 0.3 is 0 Å². The van der Waals surface area contributed by atoms with E-state index in [1.807, 2.05) is 6.92 Å². The summed E-state index contributed by atoms with van der Waals surface area (Å²) < 4.78 is 0. The lowest BCUT2D eigenvalue weighted by Crippen LogP contribution is -2.54. The van der Waals surface area contributed by atoms with Gasteiger partial charge < -0.3 is 10.4 Å². The molecule has 2 N–H and O–H groups in total. The Morgan fingerprint density at radius 1 is 1.22 bits per heavy atom. The molecule has 18 heavy (non-hydrogen) atoms. The molecule has 4 bridgehead atoms. The van der Waals surface area contributed by atoms with Crippen molar-refractivity contribution in [3.8, 4) is 0 Å². The van der Waals surface area contributed by atoms with Crippen LogP contribution in [0.3, 0.4) is 0 Å². The number of aliphatic hydroxyl groups is 1. The van der Waals surface area contributed by atoms with Crippen molar-refractivity contribution >= 4 is 5.91 Å². The van der Waals surface area contributed by atoms with Gasteiger partial charge in [0.2, 0.25) is 5.91 Å². The maximum absolute atomic E-state index is 12.6. The second kappa shape index (κ2) is 4.52. The standard InChI is InChI=1S/C15H25NO2/c1-10(2-3-17)16-14(18)15-7-11-4-12(8-15)6-13(5-11)9-15/h10-13,17H,2-9H2,1H3,(H,16,18). The van der Waals surface area contributed by atoms with Crippen LogP contribution in [-0.4, -0.2) is 23.7 Å². The monoisotopic (exact) mass is 251 g/mol. The summed E-state index contributed by atoms with van der Waals surface area (Å²) in [4.78, 5) is 12.6. The number of hydrogen-bond donors (Lipinski definition) is 2. The fraction of sp³-hybridized carbons (Fsp3) is 0.933. The summed E-state index contributed by atoms with van der Waals surface area (Å²) in [6.45, 7) is 2.15. The highest BCUT2D eigenvalue weighted by atomic mass is 16.3. The number of amides is 1. The van der Waals surface area contributed by atoms with Crippen molar-refractivity contribution in [2.75, 3.05) is 6.61 Å². The van der Waals surface area contributed by atoms with Gasteiger partial charge in [-0.1, -0.05) is 0 Å². The molecular formula is C15H25NO2. The highest BCUT2D eigenvalue weighted by molar-refractivity contribution is 5.83. The van der Waals surface area contributed by atoms with Gasteiger partial charge in [-0.25, -0.2) is 0 Å². The van der Waals surface area contributed by atoms with Crippen molar-refractivity contribution in [3.63, 3.8) is 0 Å². The van der Waals surface area contributed by atoms with Gasteiger partial charge in [-0.2, -0.15) is 0 Å². The molecule has 1 unspecified atom stereocenters. The average Bonchev–Trinajstić information content (AvgIpc) is 2.27. The summed E-state index contributed by atoms with van der Waals surface area (Å²) in [5.41, 5.74) is -0.0432.